The lowest BCUT2D eigenvalue weighted by Crippen LogP contribution is -2.24. The molecule has 0 atom stereocenters. The van der Waals surface area contributed by atoms with E-state index in [1.165, 1.54) is 5.56 Å². The summed E-state index contributed by atoms with van der Waals surface area (Å²) in [5, 5.41) is 2.96. The summed E-state index contributed by atoms with van der Waals surface area (Å²) >= 11 is 3.39. The fourth-order valence-corrected chi connectivity index (χ4v) is 2.44. The van der Waals surface area contributed by atoms with Crippen LogP contribution in [0.1, 0.15) is 16.7 Å². The van der Waals surface area contributed by atoms with Gasteiger partial charge in [-0.05, 0) is 42.9 Å². The molecule has 0 fully saturated rings. The maximum atomic E-state index is 12.0. The third-order valence-electron chi connectivity index (χ3n) is 3.29. The second-order valence-corrected chi connectivity index (χ2v) is 6.55. The minimum atomic E-state index is 0.0414. The first kappa shape index (κ1) is 16.7. The smallest absolute Gasteiger partial charge is 0.224 e. The normalized spacial score (nSPS) is 10.7. The zero-order valence-corrected chi connectivity index (χ0v) is 14.6. The summed E-state index contributed by atoms with van der Waals surface area (Å²) in [6.45, 7) is 1.49. The molecule has 1 amide bonds. The Hall–Kier alpha value is -1.65. The summed E-state index contributed by atoms with van der Waals surface area (Å²) in [5.74, 6) is 0.0414. The third kappa shape index (κ3) is 5.62. The quantitative estimate of drug-likeness (QED) is 0.856. The van der Waals surface area contributed by atoms with E-state index in [4.69, 9.17) is 0 Å². The molecule has 0 saturated carbocycles. The molecular formula is C18H21BrN2O. The number of hydrogen-bond donors (Lipinski definition) is 1. The van der Waals surface area contributed by atoms with E-state index in [1.807, 2.05) is 24.3 Å². The van der Waals surface area contributed by atoms with Crippen LogP contribution in [0.4, 0.5) is 0 Å². The van der Waals surface area contributed by atoms with E-state index in [9.17, 15) is 4.79 Å². The molecule has 0 aliphatic heterocycles. The van der Waals surface area contributed by atoms with Gasteiger partial charge in [0.2, 0.25) is 5.91 Å². The molecule has 3 nitrogen and oxygen atoms in total. The fraction of sp³-hybridized carbons (Fsp3) is 0.278. The van der Waals surface area contributed by atoms with Crippen LogP contribution in [0.5, 0.6) is 0 Å². The number of benzene rings is 2. The maximum Gasteiger partial charge on any atom is 0.224 e. The Labute approximate surface area is 140 Å². The van der Waals surface area contributed by atoms with Crippen molar-refractivity contribution in [3.05, 3.63) is 69.7 Å². The summed E-state index contributed by atoms with van der Waals surface area (Å²) in [5.41, 5.74) is 3.41. The monoisotopic (exact) mass is 360 g/mol. The Morgan fingerprint density at radius 2 is 1.50 bits per heavy atom. The van der Waals surface area contributed by atoms with Crippen molar-refractivity contribution in [2.45, 2.75) is 19.5 Å². The van der Waals surface area contributed by atoms with Gasteiger partial charge in [0.15, 0.2) is 0 Å². The van der Waals surface area contributed by atoms with E-state index < -0.39 is 0 Å². The number of hydrogen-bond acceptors (Lipinski definition) is 2. The average Bonchev–Trinajstić information content (AvgIpc) is 2.48. The van der Waals surface area contributed by atoms with Crippen molar-refractivity contribution >= 4 is 21.8 Å². The number of rotatable bonds is 6. The van der Waals surface area contributed by atoms with E-state index in [0.717, 1.165) is 22.1 Å². The van der Waals surface area contributed by atoms with Crippen molar-refractivity contribution in [2.75, 3.05) is 14.1 Å². The molecule has 0 saturated heterocycles. The van der Waals surface area contributed by atoms with E-state index in [0.29, 0.717) is 13.0 Å². The minimum Gasteiger partial charge on any atom is -0.352 e. The maximum absolute atomic E-state index is 12.0. The molecule has 2 aromatic rings. The highest BCUT2D eigenvalue weighted by Crippen LogP contribution is 2.11. The summed E-state index contributed by atoms with van der Waals surface area (Å²) in [4.78, 5) is 14.1. The fourth-order valence-electron chi connectivity index (χ4n) is 2.18. The van der Waals surface area contributed by atoms with Gasteiger partial charge in [0.05, 0.1) is 6.42 Å². The molecule has 0 spiro atoms. The molecule has 116 valence electrons. The molecule has 4 heteroatoms. The minimum absolute atomic E-state index is 0.0414. The van der Waals surface area contributed by atoms with Gasteiger partial charge in [-0.2, -0.15) is 0 Å². The molecule has 0 unspecified atom stereocenters. The molecular weight excluding hydrogens is 340 g/mol. The van der Waals surface area contributed by atoms with Gasteiger partial charge in [0.25, 0.3) is 0 Å². The Bertz CT molecular complexity index is 606. The molecule has 0 aliphatic carbocycles. The average molecular weight is 361 g/mol. The van der Waals surface area contributed by atoms with Gasteiger partial charge in [-0.1, -0.05) is 52.3 Å². The molecule has 0 aliphatic rings. The number of amides is 1. The van der Waals surface area contributed by atoms with Gasteiger partial charge in [0.1, 0.15) is 0 Å². The van der Waals surface area contributed by atoms with Gasteiger partial charge in [0, 0.05) is 17.6 Å². The van der Waals surface area contributed by atoms with Gasteiger partial charge < -0.3 is 10.2 Å². The lowest BCUT2D eigenvalue weighted by Gasteiger charge is -2.10. The second-order valence-electron chi connectivity index (χ2n) is 5.63. The standard InChI is InChI=1S/C18H21BrN2O/c1-21(2)13-16-5-3-15(4-6-16)12-20-18(22)11-14-7-9-17(19)10-8-14/h3-10H,11-13H2,1-2H3,(H,20,22). The highest BCUT2D eigenvalue weighted by Gasteiger charge is 2.03. The highest BCUT2D eigenvalue weighted by atomic mass is 79.9. The van der Waals surface area contributed by atoms with Crippen molar-refractivity contribution in [1.29, 1.82) is 0 Å². The van der Waals surface area contributed by atoms with Crippen molar-refractivity contribution < 1.29 is 4.79 Å². The number of carbonyl (C=O) groups is 1. The number of carbonyl (C=O) groups excluding carboxylic acids is 1. The van der Waals surface area contributed by atoms with Gasteiger partial charge >= 0.3 is 0 Å². The van der Waals surface area contributed by atoms with Crippen LogP contribution in [0.25, 0.3) is 0 Å². The van der Waals surface area contributed by atoms with Crippen LogP contribution in [0.2, 0.25) is 0 Å². The second kappa shape index (κ2) is 8.11. The predicted molar refractivity (Wildman–Crippen MR) is 93.5 cm³/mol. The van der Waals surface area contributed by atoms with Gasteiger partial charge in [-0.15, -0.1) is 0 Å². The highest BCUT2D eigenvalue weighted by molar-refractivity contribution is 9.10. The van der Waals surface area contributed by atoms with Gasteiger partial charge in [-0.3, -0.25) is 4.79 Å². The van der Waals surface area contributed by atoms with Crippen LogP contribution < -0.4 is 5.32 Å². The summed E-state index contributed by atoms with van der Waals surface area (Å²) in [6, 6.07) is 16.2. The van der Waals surface area contributed by atoms with Crippen LogP contribution >= 0.6 is 15.9 Å². The molecule has 0 bridgehead atoms. The molecule has 22 heavy (non-hydrogen) atoms. The Morgan fingerprint density at radius 1 is 0.955 bits per heavy atom. The summed E-state index contributed by atoms with van der Waals surface area (Å²) in [7, 11) is 4.10. The number of halogens is 1. The Kier molecular flexibility index (Phi) is 6.16. The van der Waals surface area contributed by atoms with Crippen LogP contribution in [-0.2, 0) is 24.3 Å². The van der Waals surface area contributed by atoms with E-state index in [-0.39, 0.29) is 5.91 Å². The first-order chi connectivity index (χ1) is 10.5. The number of nitrogens with one attached hydrogen (secondary N) is 1. The van der Waals surface area contributed by atoms with Crippen molar-refractivity contribution in [1.82, 2.24) is 10.2 Å². The van der Waals surface area contributed by atoms with Crippen LogP contribution in [0.3, 0.4) is 0 Å². The molecule has 0 radical (unpaired) electrons. The van der Waals surface area contributed by atoms with E-state index >= 15 is 0 Å². The zero-order chi connectivity index (χ0) is 15.9. The number of nitrogens with zero attached hydrogens (tertiary/aromatic N) is 1. The van der Waals surface area contributed by atoms with Crippen LogP contribution in [0, 0.1) is 0 Å². The summed E-state index contributed by atoms with van der Waals surface area (Å²) in [6.07, 6.45) is 0.409. The largest absolute Gasteiger partial charge is 0.352 e. The zero-order valence-electron chi connectivity index (χ0n) is 13.0. The van der Waals surface area contributed by atoms with Crippen molar-refractivity contribution in [3.8, 4) is 0 Å². The third-order valence-corrected chi connectivity index (χ3v) is 3.82. The van der Waals surface area contributed by atoms with Crippen molar-refractivity contribution in [2.24, 2.45) is 0 Å². The first-order valence-corrected chi connectivity index (χ1v) is 8.06. The summed E-state index contributed by atoms with van der Waals surface area (Å²) < 4.78 is 1.02. The molecule has 0 heterocycles. The van der Waals surface area contributed by atoms with Crippen molar-refractivity contribution in [3.63, 3.8) is 0 Å². The Balaban J connectivity index is 1.81. The molecule has 2 aromatic carbocycles. The lowest BCUT2D eigenvalue weighted by atomic mass is 10.1. The molecule has 2 rings (SSSR count). The van der Waals surface area contributed by atoms with E-state index in [1.54, 1.807) is 0 Å². The van der Waals surface area contributed by atoms with E-state index in [2.05, 4.69) is 64.5 Å². The topological polar surface area (TPSA) is 32.3 Å². The molecule has 1 N–H and O–H groups in total. The molecule has 0 aromatic heterocycles. The first-order valence-electron chi connectivity index (χ1n) is 7.26. The SMILES string of the molecule is CN(C)Cc1ccc(CNC(=O)Cc2ccc(Br)cc2)cc1. The Morgan fingerprint density at radius 3 is 2.09 bits per heavy atom. The van der Waals surface area contributed by atoms with Gasteiger partial charge in [-0.25, -0.2) is 0 Å². The lowest BCUT2D eigenvalue weighted by molar-refractivity contribution is -0.120. The van der Waals surface area contributed by atoms with Crippen LogP contribution in [0.15, 0.2) is 53.0 Å². The van der Waals surface area contributed by atoms with Crippen LogP contribution in [-0.4, -0.2) is 24.9 Å². The predicted octanol–water partition coefficient (Wildman–Crippen LogP) is 3.37.